The van der Waals surface area contributed by atoms with Gasteiger partial charge in [-0.3, -0.25) is 4.68 Å². The van der Waals surface area contributed by atoms with Crippen LogP contribution in [0.25, 0.3) is 10.9 Å². The predicted octanol–water partition coefficient (Wildman–Crippen LogP) is 1.68. The van der Waals surface area contributed by atoms with Crippen LogP contribution >= 0.6 is 15.9 Å². The Hall–Kier alpha value is -1.31. The number of aliphatic hydroxyl groups excluding tert-OH is 1. The summed E-state index contributed by atoms with van der Waals surface area (Å²) in [7, 11) is 1.87. The third-order valence-corrected chi connectivity index (χ3v) is 2.59. The number of hydrogen-bond acceptors (Lipinski definition) is 2. The van der Waals surface area contributed by atoms with Gasteiger partial charge in [-0.1, -0.05) is 21.9 Å². The molecule has 0 radical (unpaired) electrons. The second-order valence-corrected chi connectivity index (χ2v) is 4.01. The number of aromatic nitrogens is 2. The van der Waals surface area contributed by atoms with Crippen molar-refractivity contribution in [3.8, 4) is 11.8 Å². The maximum Gasteiger partial charge on any atom is 0.143 e. The third kappa shape index (κ3) is 1.89. The Labute approximate surface area is 95.8 Å². The third-order valence-electron chi connectivity index (χ3n) is 2.10. The topological polar surface area (TPSA) is 38.0 Å². The summed E-state index contributed by atoms with van der Waals surface area (Å²) >= 11 is 3.41. The van der Waals surface area contributed by atoms with Crippen molar-refractivity contribution in [2.45, 2.75) is 0 Å². The van der Waals surface area contributed by atoms with Gasteiger partial charge in [0.15, 0.2) is 0 Å². The van der Waals surface area contributed by atoms with E-state index in [1.165, 1.54) is 0 Å². The summed E-state index contributed by atoms with van der Waals surface area (Å²) in [5.74, 6) is 5.43. The predicted molar refractivity (Wildman–Crippen MR) is 62.4 cm³/mol. The molecule has 2 aromatic rings. The molecule has 0 fully saturated rings. The van der Waals surface area contributed by atoms with E-state index in [0.29, 0.717) is 5.69 Å². The number of benzene rings is 1. The fourth-order valence-corrected chi connectivity index (χ4v) is 1.80. The molecule has 0 aliphatic carbocycles. The van der Waals surface area contributed by atoms with Gasteiger partial charge >= 0.3 is 0 Å². The van der Waals surface area contributed by atoms with Gasteiger partial charge < -0.3 is 5.11 Å². The molecule has 3 nitrogen and oxygen atoms in total. The first-order valence-corrected chi connectivity index (χ1v) is 5.23. The molecule has 0 atom stereocenters. The van der Waals surface area contributed by atoms with Gasteiger partial charge in [-0.2, -0.15) is 5.10 Å². The maximum atomic E-state index is 8.63. The van der Waals surface area contributed by atoms with E-state index in [9.17, 15) is 0 Å². The molecule has 0 unspecified atom stereocenters. The number of hydrogen-bond donors (Lipinski definition) is 1. The number of nitrogens with zero attached hydrogens (tertiary/aromatic N) is 2. The SMILES string of the molecule is Cn1nc(C#CCO)c2ccc(Br)cc21. The number of rotatable bonds is 0. The smallest absolute Gasteiger partial charge is 0.143 e. The van der Waals surface area contributed by atoms with E-state index in [-0.39, 0.29) is 6.61 Å². The highest BCUT2D eigenvalue weighted by Crippen LogP contribution is 2.21. The Morgan fingerprint density at radius 3 is 3.07 bits per heavy atom. The highest BCUT2D eigenvalue weighted by atomic mass is 79.9. The zero-order valence-corrected chi connectivity index (χ0v) is 9.74. The molecule has 76 valence electrons. The Bertz CT molecular complexity index is 563. The van der Waals surface area contributed by atoms with Crippen molar-refractivity contribution in [1.82, 2.24) is 9.78 Å². The minimum absolute atomic E-state index is 0.144. The standard InChI is InChI=1S/C11H9BrN2O/c1-14-11-7-8(12)4-5-9(11)10(13-14)3-2-6-15/h4-5,7,15H,6H2,1H3. The lowest BCUT2D eigenvalue weighted by molar-refractivity contribution is 0.350. The van der Waals surface area contributed by atoms with E-state index in [2.05, 4.69) is 32.9 Å². The lowest BCUT2D eigenvalue weighted by Crippen LogP contribution is -1.89. The Balaban J connectivity index is 2.68. The Morgan fingerprint density at radius 1 is 1.53 bits per heavy atom. The molecule has 1 N–H and O–H groups in total. The lowest BCUT2D eigenvalue weighted by atomic mass is 10.2. The second-order valence-electron chi connectivity index (χ2n) is 3.09. The van der Waals surface area contributed by atoms with E-state index >= 15 is 0 Å². The quantitative estimate of drug-likeness (QED) is 0.736. The van der Waals surface area contributed by atoms with Gasteiger partial charge in [0.25, 0.3) is 0 Å². The van der Waals surface area contributed by atoms with Crippen LogP contribution in [-0.4, -0.2) is 21.5 Å². The van der Waals surface area contributed by atoms with Gasteiger partial charge in [0.1, 0.15) is 12.3 Å². The summed E-state index contributed by atoms with van der Waals surface area (Å²) in [6.07, 6.45) is 0. The Morgan fingerprint density at radius 2 is 2.33 bits per heavy atom. The second kappa shape index (κ2) is 4.05. The molecule has 0 spiro atoms. The summed E-state index contributed by atoms with van der Waals surface area (Å²) in [6.45, 7) is -0.144. The minimum atomic E-state index is -0.144. The van der Waals surface area contributed by atoms with Crippen LogP contribution in [-0.2, 0) is 7.05 Å². The van der Waals surface area contributed by atoms with Crippen molar-refractivity contribution in [2.24, 2.45) is 7.05 Å². The lowest BCUT2D eigenvalue weighted by Gasteiger charge is -1.93. The van der Waals surface area contributed by atoms with Crippen LogP contribution in [0, 0.1) is 11.8 Å². The number of aryl methyl sites for hydroxylation is 1. The molecular formula is C11H9BrN2O. The average molecular weight is 265 g/mol. The van der Waals surface area contributed by atoms with Crippen molar-refractivity contribution in [3.63, 3.8) is 0 Å². The van der Waals surface area contributed by atoms with E-state index in [1.54, 1.807) is 4.68 Å². The van der Waals surface area contributed by atoms with Gasteiger partial charge in [0.05, 0.1) is 5.52 Å². The summed E-state index contributed by atoms with van der Waals surface area (Å²) in [4.78, 5) is 0. The van der Waals surface area contributed by atoms with Gasteiger partial charge in [-0.05, 0) is 24.1 Å². The van der Waals surface area contributed by atoms with Crippen molar-refractivity contribution < 1.29 is 5.11 Å². The number of aliphatic hydroxyl groups is 1. The molecule has 4 heteroatoms. The fourth-order valence-electron chi connectivity index (χ4n) is 1.45. The van der Waals surface area contributed by atoms with E-state index in [4.69, 9.17) is 5.11 Å². The van der Waals surface area contributed by atoms with Crippen LogP contribution in [0.3, 0.4) is 0 Å². The van der Waals surface area contributed by atoms with Crippen LogP contribution in [0.1, 0.15) is 5.69 Å². The Kier molecular flexibility index (Phi) is 2.76. The van der Waals surface area contributed by atoms with Crippen molar-refractivity contribution in [2.75, 3.05) is 6.61 Å². The first kappa shape index (κ1) is 10.2. The van der Waals surface area contributed by atoms with Crippen LogP contribution in [0.15, 0.2) is 22.7 Å². The van der Waals surface area contributed by atoms with Crippen molar-refractivity contribution in [3.05, 3.63) is 28.4 Å². The molecule has 0 aliphatic rings. The van der Waals surface area contributed by atoms with Gasteiger partial charge in [0, 0.05) is 16.9 Å². The van der Waals surface area contributed by atoms with E-state index in [0.717, 1.165) is 15.4 Å². The highest BCUT2D eigenvalue weighted by Gasteiger charge is 2.05. The molecule has 0 saturated carbocycles. The highest BCUT2D eigenvalue weighted by molar-refractivity contribution is 9.10. The molecule has 1 aromatic carbocycles. The van der Waals surface area contributed by atoms with Crippen molar-refractivity contribution in [1.29, 1.82) is 0 Å². The summed E-state index contributed by atoms with van der Waals surface area (Å²) in [6, 6.07) is 5.91. The molecule has 2 rings (SSSR count). The van der Waals surface area contributed by atoms with Crippen LogP contribution < -0.4 is 0 Å². The van der Waals surface area contributed by atoms with Crippen LogP contribution in [0.5, 0.6) is 0 Å². The summed E-state index contributed by atoms with van der Waals surface area (Å²) < 4.78 is 2.79. The zero-order chi connectivity index (χ0) is 10.8. The van der Waals surface area contributed by atoms with Crippen LogP contribution in [0.4, 0.5) is 0 Å². The number of halogens is 1. The van der Waals surface area contributed by atoms with Crippen LogP contribution in [0.2, 0.25) is 0 Å². The molecule has 1 heterocycles. The molecule has 0 amide bonds. The maximum absolute atomic E-state index is 8.63. The average Bonchev–Trinajstić information content (AvgIpc) is 2.53. The fraction of sp³-hybridized carbons (Fsp3) is 0.182. The largest absolute Gasteiger partial charge is 0.384 e. The zero-order valence-electron chi connectivity index (χ0n) is 8.16. The molecular weight excluding hydrogens is 256 g/mol. The molecule has 0 aliphatic heterocycles. The summed E-state index contributed by atoms with van der Waals surface area (Å²) in [5, 5.41) is 13.9. The monoisotopic (exact) mass is 264 g/mol. The van der Waals surface area contributed by atoms with Gasteiger partial charge in [-0.15, -0.1) is 0 Å². The van der Waals surface area contributed by atoms with E-state index < -0.39 is 0 Å². The van der Waals surface area contributed by atoms with Gasteiger partial charge in [0.2, 0.25) is 0 Å². The normalized spacial score (nSPS) is 10.1. The van der Waals surface area contributed by atoms with E-state index in [1.807, 2.05) is 25.2 Å². The first-order valence-electron chi connectivity index (χ1n) is 4.44. The van der Waals surface area contributed by atoms with Gasteiger partial charge in [-0.25, -0.2) is 0 Å². The first-order chi connectivity index (χ1) is 7.22. The summed E-state index contributed by atoms with van der Waals surface area (Å²) in [5.41, 5.74) is 1.72. The number of fused-ring (bicyclic) bond motifs is 1. The van der Waals surface area contributed by atoms with Crippen molar-refractivity contribution >= 4 is 26.8 Å². The molecule has 1 aromatic heterocycles. The minimum Gasteiger partial charge on any atom is -0.384 e. The molecule has 0 saturated heterocycles. The molecule has 0 bridgehead atoms. The molecule has 15 heavy (non-hydrogen) atoms.